The van der Waals surface area contributed by atoms with Crippen LogP contribution >= 0.6 is 0 Å². The molecule has 0 spiro atoms. The molecule has 0 bridgehead atoms. The Labute approximate surface area is 140 Å². The lowest BCUT2D eigenvalue weighted by molar-refractivity contribution is -0.156. The monoisotopic (exact) mass is 331 g/mol. The normalized spacial score (nSPS) is 12.1. The zero-order chi connectivity index (χ0) is 17.5. The standard InChI is InChI=1S/C18H21NO5/c1-12(2)10-16(17(20)21)24-19-18(22)23-11-14-8-5-7-13-6-3-4-9-15(13)14/h3-9,12,16H,10-11H2,1-2H3,(H,19,22)(H,20,21)/t16-/m0/s1. The molecular weight excluding hydrogens is 310 g/mol. The first kappa shape index (κ1) is 17.7. The molecule has 0 aliphatic rings. The number of aliphatic carboxylic acids is 1. The smallest absolute Gasteiger partial charge is 0.431 e. The van der Waals surface area contributed by atoms with Crippen molar-refractivity contribution in [1.29, 1.82) is 0 Å². The van der Waals surface area contributed by atoms with Crippen LogP contribution in [0.2, 0.25) is 0 Å². The number of carbonyl (C=O) groups excluding carboxylic acids is 1. The highest BCUT2D eigenvalue weighted by Gasteiger charge is 2.21. The number of hydrogen-bond donors (Lipinski definition) is 2. The van der Waals surface area contributed by atoms with Crippen LogP contribution in [0.3, 0.4) is 0 Å². The van der Waals surface area contributed by atoms with Crippen LogP contribution in [0.25, 0.3) is 10.8 Å². The summed E-state index contributed by atoms with van der Waals surface area (Å²) in [6.07, 6.45) is -1.63. The second-order valence-electron chi connectivity index (χ2n) is 5.89. The number of ether oxygens (including phenoxy) is 1. The Bertz CT molecular complexity index is 708. The Morgan fingerprint density at radius 1 is 1.12 bits per heavy atom. The number of hydrogen-bond acceptors (Lipinski definition) is 4. The van der Waals surface area contributed by atoms with E-state index < -0.39 is 18.2 Å². The Kier molecular flexibility index (Phi) is 6.14. The maximum Gasteiger partial charge on any atom is 0.431 e. The molecule has 0 radical (unpaired) electrons. The third-order valence-corrected chi connectivity index (χ3v) is 3.48. The average molecular weight is 331 g/mol. The summed E-state index contributed by atoms with van der Waals surface area (Å²) in [7, 11) is 0. The second kappa shape index (κ2) is 8.31. The van der Waals surface area contributed by atoms with E-state index in [2.05, 4.69) is 0 Å². The zero-order valence-electron chi connectivity index (χ0n) is 13.7. The minimum atomic E-state index is -1.13. The van der Waals surface area contributed by atoms with E-state index in [1.807, 2.05) is 61.8 Å². The van der Waals surface area contributed by atoms with Crippen molar-refractivity contribution < 1.29 is 24.3 Å². The first-order valence-corrected chi connectivity index (χ1v) is 7.75. The molecule has 0 saturated carbocycles. The van der Waals surface area contributed by atoms with Crippen LogP contribution in [0.1, 0.15) is 25.8 Å². The van der Waals surface area contributed by atoms with Crippen molar-refractivity contribution in [2.45, 2.75) is 33.0 Å². The summed E-state index contributed by atoms with van der Waals surface area (Å²) in [6, 6.07) is 13.5. The lowest BCUT2D eigenvalue weighted by atomic mass is 10.1. The van der Waals surface area contributed by atoms with Gasteiger partial charge in [-0.3, -0.25) is 4.84 Å². The molecule has 0 unspecified atom stereocenters. The van der Waals surface area contributed by atoms with Gasteiger partial charge < -0.3 is 9.84 Å². The molecule has 2 aromatic rings. The predicted octanol–water partition coefficient (Wildman–Crippen LogP) is 3.50. The van der Waals surface area contributed by atoms with Gasteiger partial charge in [0.05, 0.1) is 0 Å². The van der Waals surface area contributed by atoms with Gasteiger partial charge in [-0.05, 0) is 28.7 Å². The van der Waals surface area contributed by atoms with E-state index in [9.17, 15) is 9.59 Å². The zero-order valence-corrected chi connectivity index (χ0v) is 13.7. The van der Waals surface area contributed by atoms with E-state index in [1.54, 1.807) is 0 Å². The second-order valence-corrected chi connectivity index (χ2v) is 5.89. The number of carbonyl (C=O) groups is 2. The topological polar surface area (TPSA) is 84.9 Å². The van der Waals surface area contributed by atoms with E-state index in [0.717, 1.165) is 16.3 Å². The molecule has 6 heteroatoms. The fraction of sp³-hybridized carbons (Fsp3) is 0.333. The summed E-state index contributed by atoms with van der Waals surface area (Å²) >= 11 is 0. The number of nitrogens with one attached hydrogen (secondary N) is 1. The molecule has 2 rings (SSSR count). The summed E-state index contributed by atoms with van der Waals surface area (Å²) in [6.45, 7) is 3.81. The average Bonchev–Trinajstić information content (AvgIpc) is 2.56. The van der Waals surface area contributed by atoms with Gasteiger partial charge in [-0.1, -0.05) is 56.3 Å². The lowest BCUT2D eigenvalue weighted by Gasteiger charge is -2.15. The van der Waals surface area contributed by atoms with E-state index in [0.29, 0.717) is 6.42 Å². The Morgan fingerprint density at radius 2 is 1.83 bits per heavy atom. The molecule has 6 nitrogen and oxygen atoms in total. The van der Waals surface area contributed by atoms with Gasteiger partial charge in [0.25, 0.3) is 0 Å². The molecule has 24 heavy (non-hydrogen) atoms. The molecule has 0 saturated heterocycles. The fourth-order valence-corrected chi connectivity index (χ4v) is 2.34. The van der Waals surface area contributed by atoms with E-state index in [4.69, 9.17) is 14.7 Å². The van der Waals surface area contributed by atoms with Gasteiger partial charge in [0.15, 0.2) is 6.10 Å². The fourth-order valence-electron chi connectivity index (χ4n) is 2.34. The molecule has 0 aliphatic carbocycles. The first-order chi connectivity index (χ1) is 11.5. The quantitative estimate of drug-likeness (QED) is 0.759. The van der Waals surface area contributed by atoms with E-state index in [1.165, 1.54) is 0 Å². The highest BCUT2D eigenvalue weighted by molar-refractivity contribution is 5.85. The van der Waals surface area contributed by atoms with E-state index >= 15 is 0 Å². The number of amides is 1. The van der Waals surface area contributed by atoms with Gasteiger partial charge >= 0.3 is 12.1 Å². The number of hydroxylamine groups is 1. The van der Waals surface area contributed by atoms with Crippen molar-refractivity contribution in [3.8, 4) is 0 Å². The minimum absolute atomic E-state index is 0.0679. The summed E-state index contributed by atoms with van der Waals surface area (Å²) < 4.78 is 5.10. The van der Waals surface area contributed by atoms with E-state index in [-0.39, 0.29) is 12.5 Å². The Balaban J connectivity index is 1.89. The third kappa shape index (κ3) is 4.96. The molecule has 128 valence electrons. The maximum atomic E-state index is 11.7. The molecule has 1 atom stereocenters. The van der Waals surface area contributed by atoms with Crippen LogP contribution in [0.15, 0.2) is 42.5 Å². The molecule has 0 fully saturated rings. The Morgan fingerprint density at radius 3 is 2.54 bits per heavy atom. The van der Waals surface area contributed by atoms with Gasteiger partial charge in [-0.25, -0.2) is 9.59 Å². The van der Waals surface area contributed by atoms with Gasteiger partial charge in [0.1, 0.15) is 6.61 Å². The van der Waals surface area contributed by atoms with Gasteiger partial charge in [-0.2, -0.15) is 5.48 Å². The summed E-state index contributed by atoms with van der Waals surface area (Å²) in [5, 5.41) is 11.1. The van der Waals surface area contributed by atoms with Crippen LogP contribution in [-0.2, 0) is 21.0 Å². The van der Waals surface area contributed by atoms with Crippen LogP contribution in [-0.4, -0.2) is 23.3 Å². The molecule has 0 aliphatic heterocycles. The first-order valence-electron chi connectivity index (χ1n) is 7.75. The summed E-state index contributed by atoms with van der Waals surface area (Å²) in [5.41, 5.74) is 2.91. The summed E-state index contributed by atoms with van der Waals surface area (Å²) in [5.74, 6) is -1.00. The van der Waals surface area contributed by atoms with Crippen molar-refractivity contribution in [3.05, 3.63) is 48.0 Å². The maximum absolute atomic E-state index is 11.7. The Hall–Kier alpha value is -2.60. The van der Waals surface area contributed by atoms with Gasteiger partial charge in [0, 0.05) is 0 Å². The molecule has 1 amide bonds. The molecule has 0 aromatic heterocycles. The lowest BCUT2D eigenvalue weighted by Crippen LogP contribution is -2.35. The van der Waals surface area contributed by atoms with Crippen molar-refractivity contribution in [2.24, 2.45) is 5.92 Å². The van der Waals surface area contributed by atoms with Crippen LogP contribution < -0.4 is 5.48 Å². The van der Waals surface area contributed by atoms with Crippen molar-refractivity contribution in [2.75, 3.05) is 0 Å². The molecular formula is C18H21NO5. The van der Waals surface area contributed by atoms with Crippen molar-refractivity contribution in [3.63, 3.8) is 0 Å². The van der Waals surface area contributed by atoms with Crippen molar-refractivity contribution in [1.82, 2.24) is 5.48 Å². The van der Waals surface area contributed by atoms with Crippen LogP contribution in [0.5, 0.6) is 0 Å². The number of benzene rings is 2. The SMILES string of the molecule is CC(C)C[C@H](ONC(=O)OCc1cccc2ccccc12)C(=O)O. The largest absolute Gasteiger partial charge is 0.479 e. The predicted molar refractivity (Wildman–Crippen MR) is 89.2 cm³/mol. The van der Waals surface area contributed by atoms with Crippen LogP contribution in [0, 0.1) is 5.92 Å². The van der Waals surface area contributed by atoms with Crippen molar-refractivity contribution >= 4 is 22.8 Å². The number of carboxylic acids is 1. The third-order valence-electron chi connectivity index (χ3n) is 3.48. The van der Waals surface area contributed by atoms with Gasteiger partial charge in [0.2, 0.25) is 0 Å². The molecule has 0 heterocycles. The number of rotatable bonds is 7. The van der Waals surface area contributed by atoms with Crippen LogP contribution in [0.4, 0.5) is 4.79 Å². The molecule has 2 aromatic carbocycles. The summed E-state index contributed by atoms with van der Waals surface area (Å²) in [4.78, 5) is 27.7. The number of carboxylic acid groups (broad SMARTS) is 1. The highest BCUT2D eigenvalue weighted by atomic mass is 16.7. The van der Waals surface area contributed by atoms with Gasteiger partial charge in [-0.15, -0.1) is 0 Å². The minimum Gasteiger partial charge on any atom is -0.479 e. The molecule has 2 N–H and O–H groups in total. The highest BCUT2D eigenvalue weighted by Crippen LogP contribution is 2.19. The number of fused-ring (bicyclic) bond motifs is 1.